The lowest BCUT2D eigenvalue weighted by molar-refractivity contribution is -0.138. The molecule has 0 N–H and O–H groups in total. The molecule has 0 amide bonds. The smallest absolute Gasteiger partial charge is 0.330 e. The first-order chi connectivity index (χ1) is 9.15. The molecule has 104 valence electrons. The molecule has 19 heavy (non-hydrogen) atoms. The molecule has 1 aromatic rings. The zero-order chi connectivity index (χ0) is 14.1. The maximum Gasteiger partial charge on any atom is 0.330 e. The largest absolute Gasteiger partial charge is 0.461 e. The van der Waals surface area contributed by atoms with Crippen molar-refractivity contribution >= 4 is 23.6 Å². The molecule has 1 rings (SSSR count). The Morgan fingerprint density at radius 3 is 2.47 bits per heavy atom. The van der Waals surface area contributed by atoms with Crippen LogP contribution in [0.15, 0.2) is 30.3 Å². The van der Waals surface area contributed by atoms with Crippen molar-refractivity contribution < 1.29 is 9.53 Å². The summed E-state index contributed by atoms with van der Waals surface area (Å²) in [5.41, 5.74) is 0.921. The molecule has 0 aliphatic rings. The van der Waals surface area contributed by atoms with Crippen LogP contribution >= 0.6 is 11.6 Å². The molecule has 1 aromatic carbocycles. The number of carbonyl (C=O) groups excluding carboxylic acids is 1. The molecule has 0 unspecified atom stereocenters. The van der Waals surface area contributed by atoms with Gasteiger partial charge >= 0.3 is 5.97 Å². The number of benzene rings is 1. The van der Waals surface area contributed by atoms with Crippen LogP contribution in [-0.4, -0.2) is 37.1 Å². The minimum absolute atomic E-state index is 0.317. The van der Waals surface area contributed by atoms with E-state index in [1.807, 2.05) is 12.1 Å². The van der Waals surface area contributed by atoms with E-state index in [1.54, 1.807) is 18.2 Å². The number of hydrogen-bond acceptors (Lipinski definition) is 3. The zero-order valence-corrected chi connectivity index (χ0v) is 12.2. The summed E-state index contributed by atoms with van der Waals surface area (Å²) < 4.78 is 5.13. The molecule has 4 heteroatoms. The van der Waals surface area contributed by atoms with Crippen LogP contribution in [0.1, 0.15) is 19.4 Å². The van der Waals surface area contributed by atoms with Crippen LogP contribution in [-0.2, 0) is 9.53 Å². The number of hydrogen-bond donors (Lipinski definition) is 0. The van der Waals surface area contributed by atoms with Crippen molar-refractivity contribution in [1.82, 2.24) is 4.90 Å². The van der Waals surface area contributed by atoms with Gasteiger partial charge < -0.3 is 9.64 Å². The fraction of sp³-hybridized carbons (Fsp3) is 0.400. The first-order valence-electron chi connectivity index (χ1n) is 6.48. The summed E-state index contributed by atoms with van der Waals surface area (Å²) in [5, 5.41) is 0.680. The normalized spacial score (nSPS) is 11.2. The van der Waals surface area contributed by atoms with Gasteiger partial charge in [-0.25, -0.2) is 4.79 Å². The van der Waals surface area contributed by atoms with E-state index in [2.05, 4.69) is 18.7 Å². The maximum absolute atomic E-state index is 11.5. The third-order valence-corrected chi connectivity index (χ3v) is 3.08. The molecular weight excluding hydrogens is 262 g/mol. The molecular formula is C15H20ClNO2. The van der Waals surface area contributed by atoms with Crippen LogP contribution in [0.4, 0.5) is 0 Å². The summed E-state index contributed by atoms with van der Waals surface area (Å²) in [6.45, 7) is 7.31. The average Bonchev–Trinajstić information content (AvgIpc) is 2.43. The fourth-order valence-electron chi connectivity index (χ4n) is 1.60. The van der Waals surface area contributed by atoms with E-state index in [-0.39, 0.29) is 5.97 Å². The number of rotatable bonds is 7. The Labute approximate surface area is 119 Å². The van der Waals surface area contributed by atoms with Crippen LogP contribution in [0, 0.1) is 0 Å². The predicted molar refractivity (Wildman–Crippen MR) is 79.2 cm³/mol. The third kappa shape index (κ3) is 6.41. The number of likely N-dealkylation sites (N-methyl/N-ethyl adjacent to an activating group) is 1. The molecule has 0 radical (unpaired) electrons. The topological polar surface area (TPSA) is 29.5 Å². The Morgan fingerprint density at radius 2 is 1.89 bits per heavy atom. The first-order valence-corrected chi connectivity index (χ1v) is 6.86. The van der Waals surface area contributed by atoms with E-state index >= 15 is 0 Å². The Bertz CT molecular complexity index is 411. The Hall–Kier alpha value is -1.32. The van der Waals surface area contributed by atoms with Crippen molar-refractivity contribution in [1.29, 1.82) is 0 Å². The highest BCUT2D eigenvalue weighted by molar-refractivity contribution is 6.30. The highest BCUT2D eigenvalue weighted by Gasteiger charge is 2.01. The van der Waals surface area contributed by atoms with Crippen LogP contribution in [0.2, 0.25) is 5.02 Å². The Kier molecular flexibility index (Phi) is 7.23. The molecule has 0 saturated carbocycles. The summed E-state index contributed by atoms with van der Waals surface area (Å²) in [5.74, 6) is -0.317. The van der Waals surface area contributed by atoms with Gasteiger partial charge in [-0.3, -0.25) is 0 Å². The van der Waals surface area contributed by atoms with Crippen molar-refractivity contribution in [2.75, 3.05) is 26.2 Å². The summed E-state index contributed by atoms with van der Waals surface area (Å²) in [6, 6.07) is 7.27. The van der Waals surface area contributed by atoms with E-state index in [9.17, 15) is 4.79 Å². The van der Waals surface area contributed by atoms with Crippen molar-refractivity contribution in [3.05, 3.63) is 40.9 Å². The van der Waals surface area contributed by atoms with Crippen molar-refractivity contribution in [3.8, 4) is 0 Å². The highest BCUT2D eigenvalue weighted by Crippen LogP contribution is 2.10. The lowest BCUT2D eigenvalue weighted by Gasteiger charge is -2.16. The summed E-state index contributed by atoms with van der Waals surface area (Å²) >= 11 is 5.78. The lowest BCUT2D eigenvalue weighted by atomic mass is 10.2. The molecule has 0 heterocycles. The molecule has 3 nitrogen and oxygen atoms in total. The molecule has 0 bridgehead atoms. The summed E-state index contributed by atoms with van der Waals surface area (Å²) in [6.07, 6.45) is 3.15. The maximum atomic E-state index is 11.5. The molecule has 0 aliphatic heterocycles. The molecule has 0 saturated heterocycles. The van der Waals surface area contributed by atoms with Gasteiger partial charge in [0.05, 0.1) is 0 Å². The molecule has 0 aromatic heterocycles. The van der Waals surface area contributed by atoms with Gasteiger partial charge in [-0.05, 0) is 36.9 Å². The number of halogens is 1. The van der Waals surface area contributed by atoms with Crippen LogP contribution in [0.25, 0.3) is 6.08 Å². The van der Waals surface area contributed by atoms with Gasteiger partial charge in [0.15, 0.2) is 0 Å². The van der Waals surface area contributed by atoms with Crippen LogP contribution in [0.3, 0.4) is 0 Å². The fourth-order valence-corrected chi connectivity index (χ4v) is 1.73. The highest BCUT2D eigenvalue weighted by atomic mass is 35.5. The number of ether oxygens (including phenoxy) is 1. The second kappa shape index (κ2) is 8.73. The monoisotopic (exact) mass is 281 g/mol. The third-order valence-electron chi connectivity index (χ3n) is 2.83. The van der Waals surface area contributed by atoms with E-state index in [0.29, 0.717) is 11.6 Å². The number of carbonyl (C=O) groups is 1. The van der Waals surface area contributed by atoms with E-state index in [0.717, 1.165) is 25.2 Å². The Morgan fingerprint density at radius 1 is 1.26 bits per heavy atom. The molecule has 0 atom stereocenters. The Balaban J connectivity index is 2.32. The quantitative estimate of drug-likeness (QED) is 0.568. The SMILES string of the molecule is CCN(CC)CCOC(=O)/C=C/c1ccc(Cl)cc1. The molecule has 0 aliphatic carbocycles. The lowest BCUT2D eigenvalue weighted by Crippen LogP contribution is -2.27. The molecule has 0 spiro atoms. The van der Waals surface area contributed by atoms with Crippen LogP contribution in [0.5, 0.6) is 0 Å². The minimum atomic E-state index is -0.317. The number of esters is 1. The van der Waals surface area contributed by atoms with Crippen molar-refractivity contribution in [2.24, 2.45) is 0 Å². The van der Waals surface area contributed by atoms with Gasteiger partial charge in [0.25, 0.3) is 0 Å². The second-order valence-corrected chi connectivity index (χ2v) is 4.52. The van der Waals surface area contributed by atoms with Gasteiger partial charge in [-0.2, -0.15) is 0 Å². The average molecular weight is 282 g/mol. The second-order valence-electron chi connectivity index (χ2n) is 4.08. The van der Waals surface area contributed by atoms with Gasteiger partial charge in [-0.1, -0.05) is 37.6 Å². The van der Waals surface area contributed by atoms with E-state index < -0.39 is 0 Å². The molecule has 0 fully saturated rings. The summed E-state index contributed by atoms with van der Waals surface area (Å²) in [4.78, 5) is 13.7. The van der Waals surface area contributed by atoms with Gasteiger partial charge in [0, 0.05) is 17.6 Å². The summed E-state index contributed by atoms with van der Waals surface area (Å²) in [7, 11) is 0. The zero-order valence-electron chi connectivity index (χ0n) is 11.4. The van der Waals surface area contributed by atoms with E-state index in [4.69, 9.17) is 16.3 Å². The van der Waals surface area contributed by atoms with Crippen molar-refractivity contribution in [2.45, 2.75) is 13.8 Å². The minimum Gasteiger partial charge on any atom is -0.461 e. The first kappa shape index (κ1) is 15.7. The van der Waals surface area contributed by atoms with E-state index in [1.165, 1.54) is 6.08 Å². The van der Waals surface area contributed by atoms with Gasteiger partial charge in [0.1, 0.15) is 6.61 Å². The predicted octanol–water partition coefficient (Wildman–Crippen LogP) is 3.24. The van der Waals surface area contributed by atoms with Gasteiger partial charge in [0.2, 0.25) is 0 Å². The standard InChI is InChI=1S/C15H20ClNO2/c1-3-17(4-2)11-12-19-15(18)10-7-13-5-8-14(16)9-6-13/h5-10H,3-4,11-12H2,1-2H3/b10-7+. The van der Waals surface area contributed by atoms with Crippen LogP contribution < -0.4 is 0 Å². The number of nitrogens with zero attached hydrogens (tertiary/aromatic N) is 1. The van der Waals surface area contributed by atoms with Gasteiger partial charge in [-0.15, -0.1) is 0 Å². The van der Waals surface area contributed by atoms with Crippen molar-refractivity contribution in [3.63, 3.8) is 0 Å².